The van der Waals surface area contributed by atoms with Crippen molar-refractivity contribution in [3.8, 4) is 0 Å². The maximum atomic E-state index is 5.89. The van der Waals surface area contributed by atoms with Crippen molar-refractivity contribution < 1.29 is 4.74 Å². The minimum atomic E-state index is 0.435. The summed E-state index contributed by atoms with van der Waals surface area (Å²) in [6, 6.07) is 1.02. The van der Waals surface area contributed by atoms with E-state index in [1.165, 1.54) is 12.8 Å². The van der Waals surface area contributed by atoms with E-state index in [0.717, 1.165) is 31.2 Å². The Morgan fingerprint density at radius 1 is 1.44 bits per heavy atom. The number of aromatic nitrogens is 2. The molecular weight excluding hydrogens is 226 g/mol. The van der Waals surface area contributed by atoms with Gasteiger partial charge in [-0.2, -0.15) is 0 Å². The molecule has 1 aliphatic heterocycles. The number of nitrogens with zero attached hydrogens (tertiary/aromatic N) is 2. The normalized spacial score (nSPS) is 28.2. The van der Waals surface area contributed by atoms with Crippen LogP contribution in [0.2, 0.25) is 0 Å². The maximum absolute atomic E-state index is 5.89. The van der Waals surface area contributed by atoms with E-state index in [0.29, 0.717) is 18.2 Å². The number of nitrogens with one attached hydrogen (secondary N) is 1. The van der Waals surface area contributed by atoms with Crippen molar-refractivity contribution in [1.82, 2.24) is 14.9 Å². The first-order chi connectivity index (χ1) is 8.74. The highest BCUT2D eigenvalue weighted by Gasteiger charge is 2.41. The summed E-state index contributed by atoms with van der Waals surface area (Å²) in [6.07, 6.45) is 8.42. The predicted molar refractivity (Wildman–Crippen MR) is 70.3 cm³/mol. The van der Waals surface area contributed by atoms with Crippen LogP contribution in [0.4, 0.5) is 0 Å². The Morgan fingerprint density at radius 2 is 2.28 bits per heavy atom. The lowest BCUT2D eigenvalue weighted by atomic mass is 10.1. The summed E-state index contributed by atoms with van der Waals surface area (Å²) in [5.41, 5.74) is 1.13. The van der Waals surface area contributed by atoms with Crippen molar-refractivity contribution in [3.63, 3.8) is 0 Å². The third kappa shape index (κ3) is 2.59. The molecular formula is C14H23N3O. The van der Waals surface area contributed by atoms with Crippen LogP contribution >= 0.6 is 0 Å². The Kier molecular flexibility index (Phi) is 3.39. The predicted octanol–water partition coefficient (Wildman–Crippen LogP) is 2.12. The number of ether oxygens (including phenoxy) is 1. The molecule has 18 heavy (non-hydrogen) atoms. The smallest absolute Gasteiger partial charge is 0.0953 e. The van der Waals surface area contributed by atoms with E-state index in [-0.39, 0.29) is 0 Å². The second kappa shape index (κ2) is 5.02. The van der Waals surface area contributed by atoms with E-state index < -0.39 is 0 Å². The van der Waals surface area contributed by atoms with E-state index in [1.54, 1.807) is 0 Å². The molecule has 100 valence electrons. The number of hydrogen-bond acceptors (Lipinski definition) is 3. The molecule has 2 atom stereocenters. The van der Waals surface area contributed by atoms with Gasteiger partial charge in [0.1, 0.15) is 0 Å². The molecule has 2 fully saturated rings. The monoisotopic (exact) mass is 249 g/mol. The molecule has 0 spiro atoms. The van der Waals surface area contributed by atoms with Crippen LogP contribution < -0.4 is 5.32 Å². The van der Waals surface area contributed by atoms with Crippen molar-refractivity contribution in [2.45, 2.75) is 57.8 Å². The van der Waals surface area contributed by atoms with Gasteiger partial charge in [0.15, 0.2) is 0 Å². The first-order valence-corrected chi connectivity index (χ1v) is 7.11. The molecule has 1 saturated carbocycles. The molecule has 0 radical (unpaired) electrons. The molecule has 2 heterocycles. The summed E-state index contributed by atoms with van der Waals surface area (Å²) in [6.45, 7) is 6.08. The largest absolute Gasteiger partial charge is 0.376 e. The summed E-state index contributed by atoms with van der Waals surface area (Å²) >= 11 is 0. The quantitative estimate of drug-likeness (QED) is 0.869. The molecule has 4 nitrogen and oxygen atoms in total. The Bertz CT molecular complexity index is 397. The van der Waals surface area contributed by atoms with Crippen LogP contribution in [0.25, 0.3) is 0 Å². The fourth-order valence-corrected chi connectivity index (χ4v) is 2.75. The van der Waals surface area contributed by atoms with Gasteiger partial charge in [0.25, 0.3) is 0 Å². The van der Waals surface area contributed by atoms with Gasteiger partial charge in [0.05, 0.1) is 24.2 Å². The molecule has 4 heteroatoms. The Labute approximate surface area is 109 Å². The number of imidazole rings is 1. The van der Waals surface area contributed by atoms with Crippen LogP contribution in [0.3, 0.4) is 0 Å². The standard InChI is InChI=1S/C14H23N3O/c1-10(2)15-7-12-8-17(9-16-12)13-5-6-18-14(13)11-3-4-11/h8-11,13-15H,3-7H2,1-2H3. The van der Waals surface area contributed by atoms with Crippen LogP contribution in [-0.4, -0.2) is 28.3 Å². The summed E-state index contributed by atoms with van der Waals surface area (Å²) in [5, 5.41) is 3.40. The van der Waals surface area contributed by atoms with E-state index in [9.17, 15) is 0 Å². The molecule has 1 saturated heterocycles. The molecule has 0 bridgehead atoms. The van der Waals surface area contributed by atoms with Gasteiger partial charge >= 0.3 is 0 Å². The zero-order chi connectivity index (χ0) is 12.5. The molecule has 0 amide bonds. The van der Waals surface area contributed by atoms with Crippen LogP contribution in [0.15, 0.2) is 12.5 Å². The van der Waals surface area contributed by atoms with Crippen LogP contribution in [0.1, 0.15) is 44.8 Å². The maximum Gasteiger partial charge on any atom is 0.0953 e. The van der Waals surface area contributed by atoms with Crippen LogP contribution in [0.5, 0.6) is 0 Å². The Hall–Kier alpha value is -0.870. The molecule has 1 aliphatic carbocycles. The molecule has 1 aromatic heterocycles. The number of hydrogen-bond donors (Lipinski definition) is 1. The van der Waals surface area contributed by atoms with E-state index in [4.69, 9.17) is 4.74 Å². The molecule has 1 N–H and O–H groups in total. The highest BCUT2D eigenvalue weighted by Crippen LogP contribution is 2.43. The van der Waals surface area contributed by atoms with Crippen molar-refractivity contribution in [2.24, 2.45) is 5.92 Å². The minimum Gasteiger partial charge on any atom is -0.376 e. The average molecular weight is 249 g/mol. The van der Waals surface area contributed by atoms with E-state index >= 15 is 0 Å². The third-order valence-corrected chi connectivity index (χ3v) is 3.92. The minimum absolute atomic E-state index is 0.435. The molecule has 2 aliphatic rings. The molecule has 1 aromatic rings. The van der Waals surface area contributed by atoms with E-state index in [1.807, 2.05) is 6.33 Å². The summed E-state index contributed by atoms with van der Waals surface area (Å²) in [7, 11) is 0. The van der Waals surface area contributed by atoms with E-state index in [2.05, 4.69) is 34.9 Å². The molecule has 0 aromatic carbocycles. The van der Waals surface area contributed by atoms with Crippen molar-refractivity contribution in [2.75, 3.05) is 6.61 Å². The summed E-state index contributed by atoms with van der Waals surface area (Å²) in [5.74, 6) is 0.803. The molecule has 2 unspecified atom stereocenters. The zero-order valence-electron chi connectivity index (χ0n) is 11.3. The first kappa shape index (κ1) is 12.2. The lowest BCUT2D eigenvalue weighted by Crippen LogP contribution is -2.22. The Morgan fingerprint density at radius 3 is 3.00 bits per heavy atom. The fraction of sp³-hybridized carbons (Fsp3) is 0.786. The van der Waals surface area contributed by atoms with Gasteiger partial charge < -0.3 is 14.6 Å². The van der Waals surface area contributed by atoms with Crippen LogP contribution in [0, 0.1) is 5.92 Å². The van der Waals surface area contributed by atoms with Crippen molar-refractivity contribution >= 4 is 0 Å². The zero-order valence-corrected chi connectivity index (χ0v) is 11.3. The lowest BCUT2D eigenvalue weighted by molar-refractivity contribution is 0.0750. The van der Waals surface area contributed by atoms with Crippen molar-refractivity contribution in [1.29, 1.82) is 0 Å². The fourth-order valence-electron chi connectivity index (χ4n) is 2.75. The van der Waals surface area contributed by atoms with Gasteiger partial charge in [-0.1, -0.05) is 13.8 Å². The second-order valence-electron chi connectivity index (χ2n) is 5.88. The van der Waals surface area contributed by atoms with Gasteiger partial charge in [-0.25, -0.2) is 4.98 Å². The van der Waals surface area contributed by atoms with Crippen molar-refractivity contribution in [3.05, 3.63) is 18.2 Å². The van der Waals surface area contributed by atoms with Gasteiger partial charge in [-0.15, -0.1) is 0 Å². The Balaban J connectivity index is 1.64. The highest BCUT2D eigenvalue weighted by atomic mass is 16.5. The highest BCUT2D eigenvalue weighted by molar-refractivity contribution is 5.02. The van der Waals surface area contributed by atoms with Gasteiger partial charge in [-0.3, -0.25) is 0 Å². The SMILES string of the molecule is CC(C)NCc1cn(C2CCOC2C2CC2)cn1. The van der Waals surface area contributed by atoms with Crippen LogP contribution in [-0.2, 0) is 11.3 Å². The number of rotatable bonds is 5. The third-order valence-electron chi connectivity index (χ3n) is 3.92. The van der Waals surface area contributed by atoms with Gasteiger partial charge in [0, 0.05) is 25.4 Å². The second-order valence-corrected chi connectivity index (χ2v) is 5.88. The average Bonchev–Trinajstić information content (AvgIpc) is 2.91. The first-order valence-electron chi connectivity index (χ1n) is 7.11. The van der Waals surface area contributed by atoms with Gasteiger partial charge in [0.2, 0.25) is 0 Å². The summed E-state index contributed by atoms with van der Waals surface area (Å²) < 4.78 is 8.16. The molecule has 3 rings (SSSR count). The van der Waals surface area contributed by atoms with Gasteiger partial charge in [-0.05, 0) is 25.2 Å². The topological polar surface area (TPSA) is 39.1 Å². The lowest BCUT2D eigenvalue weighted by Gasteiger charge is -2.19. The summed E-state index contributed by atoms with van der Waals surface area (Å²) in [4.78, 5) is 4.49.